The Morgan fingerprint density at radius 2 is 1.84 bits per heavy atom. The number of anilines is 1. The summed E-state index contributed by atoms with van der Waals surface area (Å²) in [6.07, 6.45) is 0.284. The number of amides is 3. The molecule has 1 N–H and O–H groups in total. The van der Waals surface area contributed by atoms with Crippen molar-refractivity contribution in [1.29, 1.82) is 0 Å². The molecule has 1 unspecified atom stereocenters. The first-order valence-electron chi connectivity index (χ1n) is 9.99. The Morgan fingerprint density at radius 1 is 1.12 bits per heavy atom. The standard InChI is InChI=1S/C22H21N3O7/c1-3-4-10-24-20(27)17-9-8-14(11-18(17)21(24)28)22(29)32-13(2)19(26)23-15-6-5-7-16(12-15)25(30)31/h5-9,11-13H,3-4,10H2,1-2H3,(H,23,26). The van der Waals surface area contributed by atoms with Gasteiger partial charge in [0.15, 0.2) is 6.10 Å². The Kier molecular flexibility index (Phi) is 6.62. The second-order valence-electron chi connectivity index (χ2n) is 7.22. The summed E-state index contributed by atoms with van der Waals surface area (Å²) in [5, 5.41) is 13.3. The number of hydrogen-bond acceptors (Lipinski definition) is 7. The number of carbonyl (C=O) groups is 4. The summed E-state index contributed by atoms with van der Waals surface area (Å²) in [4.78, 5) is 61.2. The average molecular weight is 439 g/mol. The zero-order chi connectivity index (χ0) is 23.4. The molecule has 10 heteroatoms. The van der Waals surface area contributed by atoms with E-state index in [-0.39, 0.29) is 28.1 Å². The maximum atomic E-state index is 12.5. The molecule has 1 aliphatic heterocycles. The molecule has 32 heavy (non-hydrogen) atoms. The van der Waals surface area contributed by atoms with Crippen molar-refractivity contribution < 1.29 is 28.8 Å². The molecule has 0 aromatic heterocycles. The minimum Gasteiger partial charge on any atom is -0.449 e. The number of fused-ring (bicyclic) bond motifs is 1. The minimum absolute atomic E-state index is 0.0252. The van der Waals surface area contributed by atoms with Crippen LogP contribution in [0.15, 0.2) is 42.5 Å². The number of non-ortho nitro benzene ring substituents is 1. The van der Waals surface area contributed by atoms with Crippen LogP contribution in [0.1, 0.15) is 57.8 Å². The largest absolute Gasteiger partial charge is 0.449 e. The van der Waals surface area contributed by atoms with E-state index in [1.807, 2.05) is 6.92 Å². The number of ether oxygens (including phenoxy) is 1. The number of hydrogen-bond donors (Lipinski definition) is 1. The first-order valence-corrected chi connectivity index (χ1v) is 9.99. The maximum absolute atomic E-state index is 12.5. The van der Waals surface area contributed by atoms with Gasteiger partial charge in [-0.1, -0.05) is 19.4 Å². The van der Waals surface area contributed by atoms with Gasteiger partial charge < -0.3 is 10.1 Å². The Hall–Kier alpha value is -4.08. The van der Waals surface area contributed by atoms with E-state index in [1.165, 1.54) is 49.4 Å². The van der Waals surface area contributed by atoms with E-state index < -0.39 is 34.7 Å². The topological polar surface area (TPSA) is 136 Å². The number of rotatable bonds is 8. The summed E-state index contributed by atoms with van der Waals surface area (Å²) >= 11 is 0. The fourth-order valence-electron chi connectivity index (χ4n) is 3.16. The second kappa shape index (κ2) is 9.38. The fourth-order valence-corrected chi connectivity index (χ4v) is 3.16. The lowest BCUT2D eigenvalue weighted by Gasteiger charge is -2.14. The number of esters is 1. The average Bonchev–Trinajstić information content (AvgIpc) is 3.01. The van der Waals surface area contributed by atoms with Gasteiger partial charge in [-0.25, -0.2) is 4.79 Å². The molecule has 0 saturated carbocycles. The smallest absolute Gasteiger partial charge is 0.338 e. The van der Waals surface area contributed by atoms with Crippen LogP contribution in [-0.4, -0.2) is 46.2 Å². The number of nitrogens with one attached hydrogen (secondary N) is 1. The molecule has 1 heterocycles. The Labute approximate surface area is 183 Å². The van der Waals surface area contributed by atoms with Crippen molar-refractivity contribution in [2.24, 2.45) is 0 Å². The highest BCUT2D eigenvalue weighted by Gasteiger charge is 2.35. The summed E-state index contributed by atoms with van der Waals surface area (Å²) in [5.74, 6) is -2.40. The molecule has 2 aromatic rings. The van der Waals surface area contributed by atoms with Crippen LogP contribution in [0, 0.1) is 10.1 Å². The van der Waals surface area contributed by atoms with Gasteiger partial charge in [0.2, 0.25) is 0 Å². The molecule has 0 bridgehead atoms. The van der Waals surface area contributed by atoms with Gasteiger partial charge in [-0.3, -0.25) is 29.4 Å². The van der Waals surface area contributed by atoms with Crippen LogP contribution in [0.5, 0.6) is 0 Å². The highest BCUT2D eigenvalue weighted by Crippen LogP contribution is 2.25. The number of nitro benzene ring substituents is 1. The second-order valence-corrected chi connectivity index (χ2v) is 7.22. The van der Waals surface area contributed by atoms with Gasteiger partial charge in [-0.2, -0.15) is 0 Å². The Balaban J connectivity index is 1.67. The van der Waals surface area contributed by atoms with E-state index in [2.05, 4.69) is 5.32 Å². The van der Waals surface area contributed by atoms with Crippen molar-refractivity contribution >= 4 is 35.1 Å². The molecule has 2 aromatic carbocycles. The summed E-state index contributed by atoms with van der Waals surface area (Å²) in [7, 11) is 0. The molecule has 0 aliphatic carbocycles. The number of unbranched alkanes of at least 4 members (excludes halogenated alkanes) is 1. The van der Waals surface area contributed by atoms with Crippen molar-refractivity contribution in [3.8, 4) is 0 Å². The molecule has 0 fully saturated rings. The highest BCUT2D eigenvalue weighted by molar-refractivity contribution is 6.22. The molecular formula is C22H21N3O7. The summed E-state index contributed by atoms with van der Waals surface area (Å²) < 4.78 is 5.17. The number of nitro groups is 1. The zero-order valence-electron chi connectivity index (χ0n) is 17.5. The quantitative estimate of drug-likeness (QED) is 0.289. The molecule has 3 rings (SSSR count). The van der Waals surface area contributed by atoms with E-state index in [1.54, 1.807) is 0 Å². The van der Waals surface area contributed by atoms with Crippen LogP contribution < -0.4 is 5.32 Å². The van der Waals surface area contributed by atoms with E-state index in [0.29, 0.717) is 13.0 Å². The van der Waals surface area contributed by atoms with Crippen LogP contribution in [-0.2, 0) is 9.53 Å². The predicted molar refractivity (Wildman–Crippen MR) is 113 cm³/mol. The summed E-state index contributed by atoms with van der Waals surface area (Å²) in [5.41, 5.74) is 0.351. The molecule has 0 spiro atoms. The molecule has 1 aliphatic rings. The fraction of sp³-hybridized carbons (Fsp3) is 0.273. The van der Waals surface area contributed by atoms with Crippen molar-refractivity contribution in [2.75, 3.05) is 11.9 Å². The maximum Gasteiger partial charge on any atom is 0.338 e. The molecule has 0 radical (unpaired) electrons. The third kappa shape index (κ3) is 4.64. The number of imide groups is 1. The Bertz CT molecular complexity index is 1110. The van der Waals surface area contributed by atoms with E-state index in [9.17, 15) is 29.3 Å². The Morgan fingerprint density at radius 3 is 2.53 bits per heavy atom. The van der Waals surface area contributed by atoms with E-state index >= 15 is 0 Å². The van der Waals surface area contributed by atoms with Crippen LogP contribution in [0.2, 0.25) is 0 Å². The van der Waals surface area contributed by atoms with Gasteiger partial charge in [0, 0.05) is 24.4 Å². The van der Waals surface area contributed by atoms with E-state index in [4.69, 9.17) is 4.74 Å². The van der Waals surface area contributed by atoms with Crippen molar-refractivity contribution in [3.05, 3.63) is 69.3 Å². The van der Waals surface area contributed by atoms with Gasteiger partial charge in [-0.15, -0.1) is 0 Å². The minimum atomic E-state index is -1.21. The van der Waals surface area contributed by atoms with Crippen molar-refractivity contribution in [1.82, 2.24) is 4.90 Å². The lowest BCUT2D eigenvalue weighted by atomic mass is 10.1. The SMILES string of the molecule is CCCCN1C(=O)c2ccc(C(=O)OC(C)C(=O)Nc3cccc([N+](=O)[O-])c3)cc2C1=O. The summed E-state index contributed by atoms with van der Waals surface area (Å²) in [6, 6.07) is 9.38. The van der Waals surface area contributed by atoms with Crippen LogP contribution in [0.3, 0.4) is 0 Å². The third-order valence-corrected chi connectivity index (χ3v) is 4.92. The molecule has 1 atom stereocenters. The first-order chi connectivity index (χ1) is 15.2. The van der Waals surface area contributed by atoms with Crippen molar-refractivity contribution in [3.63, 3.8) is 0 Å². The van der Waals surface area contributed by atoms with Crippen LogP contribution >= 0.6 is 0 Å². The highest BCUT2D eigenvalue weighted by atomic mass is 16.6. The van der Waals surface area contributed by atoms with Gasteiger partial charge in [-0.05, 0) is 37.6 Å². The van der Waals surface area contributed by atoms with Crippen LogP contribution in [0.4, 0.5) is 11.4 Å². The summed E-state index contributed by atoms with van der Waals surface area (Å²) in [6.45, 7) is 3.60. The molecule has 166 valence electrons. The van der Waals surface area contributed by atoms with E-state index in [0.717, 1.165) is 11.3 Å². The van der Waals surface area contributed by atoms with Gasteiger partial charge in [0.1, 0.15) is 0 Å². The molecule has 10 nitrogen and oxygen atoms in total. The van der Waals surface area contributed by atoms with Gasteiger partial charge in [0.05, 0.1) is 21.6 Å². The number of benzene rings is 2. The van der Waals surface area contributed by atoms with Crippen LogP contribution in [0.25, 0.3) is 0 Å². The van der Waals surface area contributed by atoms with Gasteiger partial charge >= 0.3 is 5.97 Å². The van der Waals surface area contributed by atoms with Gasteiger partial charge in [0.25, 0.3) is 23.4 Å². The zero-order valence-corrected chi connectivity index (χ0v) is 17.5. The lowest BCUT2D eigenvalue weighted by Crippen LogP contribution is -2.30. The normalized spacial score (nSPS) is 13.5. The molecular weight excluding hydrogens is 418 g/mol. The molecule has 3 amide bonds. The predicted octanol–water partition coefficient (Wildman–Crippen LogP) is 3.17. The monoisotopic (exact) mass is 439 g/mol. The van der Waals surface area contributed by atoms with Crippen molar-refractivity contribution in [2.45, 2.75) is 32.8 Å². The third-order valence-electron chi connectivity index (χ3n) is 4.92. The number of carbonyl (C=O) groups excluding carboxylic acids is 4. The molecule has 0 saturated heterocycles. The number of nitrogens with zero attached hydrogens (tertiary/aromatic N) is 2. The first kappa shape index (κ1) is 22.6. The lowest BCUT2D eigenvalue weighted by molar-refractivity contribution is -0.384.